The van der Waals surface area contributed by atoms with Crippen LogP contribution in [0.25, 0.3) is 21.5 Å². The Hall–Kier alpha value is -3.95. The van der Waals surface area contributed by atoms with Gasteiger partial charge in [0.1, 0.15) is 21.2 Å². The first-order chi connectivity index (χ1) is 17.3. The van der Waals surface area contributed by atoms with Crippen molar-refractivity contribution >= 4 is 64.8 Å². The van der Waals surface area contributed by atoms with Crippen LogP contribution >= 0.6 is 0 Å². The molecule has 0 bridgehead atoms. The molecule has 4 aromatic rings. The molecule has 0 aliphatic rings. The van der Waals surface area contributed by atoms with Crippen LogP contribution in [0.2, 0.25) is 0 Å². The van der Waals surface area contributed by atoms with E-state index in [4.69, 9.17) is 0 Å². The van der Waals surface area contributed by atoms with Crippen LogP contribution in [0, 0.1) is 0 Å². The number of rotatable bonds is 6. The number of benzene rings is 4. The van der Waals surface area contributed by atoms with Crippen molar-refractivity contribution in [2.24, 2.45) is 10.2 Å². The average Bonchev–Trinajstić information content (AvgIpc) is 2.82. The molecule has 0 radical (unpaired) electrons. The first kappa shape index (κ1) is 26.1. The number of hydrogen-bond donors (Lipinski definition) is 4. The maximum atomic E-state index is 12.2. The van der Waals surface area contributed by atoms with Gasteiger partial charge in [0.2, 0.25) is 5.91 Å². The van der Waals surface area contributed by atoms with Crippen molar-refractivity contribution in [2.45, 2.75) is 16.7 Å². The SMILES string of the molecule is CNN(C(C)=O)c1ccc2cc(S(=O)(=O)O)c(N=Nc3ccc4ccccc4c3S(=O)(=O)O)c(O)c2c1. The van der Waals surface area contributed by atoms with Gasteiger partial charge in [0.15, 0.2) is 5.75 Å². The molecule has 0 fully saturated rings. The van der Waals surface area contributed by atoms with Gasteiger partial charge in [0.25, 0.3) is 20.2 Å². The zero-order valence-electron chi connectivity index (χ0n) is 19.3. The molecule has 0 saturated carbocycles. The van der Waals surface area contributed by atoms with E-state index in [9.17, 15) is 35.8 Å². The zero-order chi connectivity index (χ0) is 27.1. The molecule has 4 aromatic carbocycles. The Morgan fingerprint density at radius 2 is 1.54 bits per heavy atom. The van der Waals surface area contributed by atoms with Gasteiger partial charge in [-0.1, -0.05) is 36.4 Å². The third-order valence-electron chi connectivity index (χ3n) is 5.49. The summed E-state index contributed by atoms with van der Waals surface area (Å²) in [5.74, 6) is -1.07. The fourth-order valence-corrected chi connectivity index (χ4v) is 5.41. The van der Waals surface area contributed by atoms with Gasteiger partial charge in [0, 0.05) is 24.7 Å². The number of azo groups is 1. The van der Waals surface area contributed by atoms with Gasteiger partial charge < -0.3 is 5.11 Å². The number of hydrogen-bond acceptors (Lipinski definition) is 9. The molecule has 0 aromatic heterocycles. The van der Waals surface area contributed by atoms with Gasteiger partial charge in [-0.15, -0.1) is 10.2 Å². The molecule has 12 nitrogen and oxygen atoms in total. The van der Waals surface area contributed by atoms with E-state index < -0.39 is 41.5 Å². The number of phenolic OH excluding ortho intramolecular Hbond substituents is 1. The lowest BCUT2D eigenvalue weighted by Gasteiger charge is -2.20. The Kier molecular flexibility index (Phi) is 6.70. The van der Waals surface area contributed by atoms with Crippen LogP contribution in [0.5, 0.6) is 5.75 Å². The number of carbonyl (C=O) groups is 1. The Morgan fingerprint density at radius 1 is 0.865 bits per heavy atom. The minimum atomic E-state index is -4.93. The fourth-order valence-electron chi connectivity index (χ4n) is 3.91. The van der Waals surface area contributed by atoms with Gasteiger partial charge in [0.05, 0.1) is 5.69 Å². The number of fused-ring (bicyclic) bond motifs is 2. The van der Waals surface area contributed by atoms with Gasteiger partial charge >= 0.3 is 0 Å². The number of aromatic hydroxyl groups is 1. The Morgan fingerprint density at radius 3 is 2.16 bits per heavy atom. The summed E-state index contributed by atoms with van der Waals surface area (Å²) in [6, 6.07) is 14.4. The van der Waals surface area contributed by atoms with Crippen molar-refractivity contribution < 1.29 is 35.8 Å². The lowest BCUT2D eigenvalue weighted by Crippen LogP contribution is -2.38. The molecule has 4 rings (SSSR count). The van der Waals surface area contributed by atoms with Crippen molar-refractivity contribution in [3.63, 3.8) is 0 Å². The van der Waals surface area contributed by atoms with E-state index in [1.54, 1.807) is 18.2 Å². The van der Waals surface area contributed by atoms with Crippen LogP contribution in [-0.4, -0.2) is 44.0 Å². The number of phenols is 1. The van der Waals surface area contributed by atoms with Crippen molar-refractivity contribution in [1.29, 1.82) is 0 Å². The monoisotopic (exact) mass is 544 g/mol. The van der Waals surface area contributed by atoms with Crippen molar-refractivity contribution in [3.05, 3.63) is 60.7 Å². The molecule has 14 heteroatoms. The van der Waals surface area contributed by atoms with Gasteiger partial charge in [-0.2, -0.15) is 16.8 Å². The third kappa shape index (κ3) is 5.00. The van der Waals surface area contributed by atoms with Crippen molar-refractivity contribution in [2.75, 3.05) is 12.1 Å². The highest BCUT2D eigenvalue weighted by Crippen LogP contribution is 2.43. The van der Waals surface area contributed by atoms with E-state index in [-0.39, 0.29) is 27.8 Å². The molecule has 0 saturated heterocycles. The second-order valence-electron chi connectivity index (χ2n) is 7.84. The summed E-state index contributed by atoms with van der Waals surface area (Å²) in [5.41, 5.74) is 1.97. The number of anilines is 1. The maximum Gasteiger partial charge on any atom is 0.297 e. The highest BCUT2D eigenvalue weighted by molar-refractivity contribution is 7.86. The summed E-state index contributed by atoms with van der Waals surface area (Å²) in [4.78, 5) is 10.5. The summed E-state index contributed by atoms with van der Waals surface area (Å²) in [7, 11) is -8.23. The van der Waals surface area contributed by atoms with Crippen molar-refractivity contribution in [3.8, 4) is 5.75 Å². The number of hydrazine groups is 1. The zero-order valence-corrected chi connectivity index (χ0v) is 20.9. The molecule has 0 unspecified atom stereocenters. The lowest BCUT2D eigenvalue weighted by molar-refractivity contribution is -0.117. The molecule has 0 aliphatic carbocycles. The molecule has 0 atom stereocenters. The molecule has 0 heterocycles. The highest BCUT2D eigenvalue weighted by Gasteiger charge is 2.24. The first-order valence-corrected chi connectivity index (χ1v) is 13.4. The van der Waals surface area contributed by atoms with Gasteiger partial charge in [-0.05, 0) is 35.0 Å². The van der Waals surface area contributed by atoms with E-state index in [0.717, 1.165) is 6.07 Å². The smallest absolute Gasteiger partial charge is 0.297 e. The molecule has 1 amide bonds. The predicted octanol–water partition coefficient (Wildman–Crippen LogP) is 4.09. The average molecular weight is 545 g/mol. The summed E-state index contributed by atoms with van der Waals surface area (Å²) in [6.45, 7) is 1.30. The Labute approximate surface area is 211 Å². The van der Waals surface area contributed by atoms with E-state index in [0.29, 0.717) is 11.1 Å². The second-order valence-corrected chi connectivity index (χ2v) is 10.6. The standard InChI is InChI=1S/C23H20N4O8S2/c1-13(28)27(24-2)16-9-7-15-11-20(36(30,31)32)21(22(29)18(15)12-16)26-25-19-10-8-14-5-3-4-6-17(14)23(19)37(33,34)35/h3-12,24,29H,1-2H3,(H,30,31,32)(H,33,34,35). The minimum Gasteiger partial charge on any atom is -0.505 e. The molecule has 0 spiro atoms. The van der Waals surface area contributed by atoms with Crippen LogP contribution in [0.1, 0.15) is 6.92 Å². The summed E-state index contributed by atoms with van der Waals surface area (Å²) >= 11 is 0. The van der Waals surface area contributed by atoms with Gasteiger partial charge in [-0.3, -0.25) is 13.9 Å². The highest BCUT2D eigenvalue weighted by atomic mass is 32.2. The van der Waals surface area contributed by atoms with Gasteiger partial charge in [-0.25, -0.2) is 10.4 Å². The third-order valence-corrected chi connectivity index (χ3v) is 7.30. The normalized spacial score (nSPS) is 12.4. The van der Waals surface area contributed by atoms with E-state index in [1.165, 1.54) is 55.4 Å². The molecule has 4 N–H and O–H groups in total. The van der Waals surface area contributed by atoms with Crippen LogP contribution < -0.4 is 10.4 Å². The second kappa shape index (κ2) is 9.49. The molecule has 0 aliphatic heterocycles. The Balaban J connectivity index is 1.99. The predicted molar refractivity (Wildman–Crippen MR) is 136 cm³/mol. The number of amides is 1. The minimum absolute atomic E-state index is 0.0638. The number of nitrogens with zero attached hydrogens (tertiary/aromatic N) is 3. The number of nitrogens with one attached hydrogen (secondary N) is 1. The quantitative estimate of drug-likeness (QED) is 0.157. The summed E-state index contributed by atoms with van der Waals surface area (Å²) in [6.07, 6.45) is 0. The van der Waals surface area contributed by atoms with E-state index in [1.807, 2.05) is 0 Å². The number of carbonyl (C=O) groups excluding carboxylic acids is 1. The largest absolute Gasteiger partial charge is 0.505 e. The Bertz CT molecular complexity index is 1820. The lowest BCUT2D eigenvalue weighted by atomic mass is 10.1. The summed E-state index contributed by atoms with van der Waals surface area (Å²) in [5, 5.41) is 20.6. The first-order valence-electron chi connectivity index (χ1n) is 10.5. The molecule has 192 valence electrons. The van der Waals surface area contributed by atoms with Crippen LogP contribution in [0.3, 0.4) is 0 Å². The summed E-state index contributed by atoms with van der Waals surface area (Å²) < 4.78 is 68.2. The van der Waals surface area contributed by atoms with Crippen molar-refractivity contribution in [1.82, 2.24) is 5.43 Å². The molecular weight excluding hydrogens is 524 g/mol. The van der Waals surface area contributed by atoms with Crippen LogP contribution in [0.15, 0.2) is 80.7 Å². The van der Waals surface area contributed by atoms with Crippen LogP contribution in [0.4, 0.5) is 17.1 Å². The molecule has 37 heavy (non-hydrogen) atoms. The maximum absolute atomic E-state index is 12.2. The molecular formula is C23H20N4O8S2. The fraction of sp³-hybridized carbons (Fsp3) is 0.0870. The van der Waals surface area contributed by atoms with E-state index >= 15 is 0 Å². The van der Waals surface area contributed by atoms with Crippen LogP contribution in [-0.2, 0) is 25.0 Å². The topological polar surface area (TPSA) is 186 Å². The van der Waals surface area contributed by atoms with E-state index in [2.05, 4.69) is 15.7 Å².